The molecule has 15 heavy (non-hydrogen) atoms. The van der Waals surface area contributed by atoms with Crippen LogP contribution in [0.15, 0.2) is 18.2 Å². The first-order valence-electron chi connectivity index (χ1n) is 5.52. The second-order valence-electron chi connectivity index (χ2n) is 4.14. The number of likely N-dealkylation sites (tertiary alicyclic amines) is 1. The maximum absolute atomic E-state index is 13.5. The van der Waals surface area contributed by atoms with Gasteiger partial charge in [0, 0.05) is 17.8 Å². The summed E-state index contributed by atoms with van der Waals surface area (Å²) >= 11 is 0. The number of nitrogen functional groups attached to an aromatic ring is 1. The van der Waals surface area contributed by atoms with Crippen LogP contribution in [-0.2, 0) is 6.54 Å². The molecule has 1 aromatic rings. The van der Waals surface area contributed by atoms with Gasteiger partial charge in [0.15, 0.2) is 0 Å². The van der Waals surface area contributed by atoms with Gasteiger partial charge in [0.25, 0.3) is 0 Å². The van der Waals surface area contributed by atoms with Crippen molar-refractivity contribution < 1.29 is 4.39 Å². The third kappa shape index (κ3) is 2.48. The zero-order valence-corrected chi connectivity index (χ0v) is 8.88. The van der Waals surface area contributed by atoms with Crippen LogP contribution in [0.3, 0.4) is 0 Å². The third-order valence-electron chi connectivity index (χ3n) is 2.99. The fraction of sp³-hybridized carbons (Fsp3) is 0.500. The molecule has 2 N–H and O–H groups in total. The highest BCUT2D eigenvalue weighted by Gasteiger charge is 2.14. The Balaban J connectivity index is 2.09. The fourth-order valence-corrected chi connectivity index (χ4v) is 2.08. The van der Waals surface area contributed by atoms with Crippen molar-refractivity contribution in [2.75, 3.05) is 18.8 Å². The third-order valence-corrected chi connectivity index (χ3v) is 2.99. The topological polar surface area (TPSA) is 29.3 Å². The van der Waals surface area contributed by atoms with Crippen LogP contribution in [0, 0.1) is 5.82 Å². The van der Waals surface area contributed by atoms with Gasteiger partial charge in [0.2, 0.25) is 0 Å². The lowest BCUT2D eigenvalue weighted by molar-refractivity contribution is 0.218. The van der Waals surface area contributed by atoms with Crippen LogP contribution in [0.2, 0.25) is 0 Å². The van der Waals surface area contributed by atoms with Gasteiger partial charge in [-0.1, -0.05) is 12.5 Å². The number of nitrogens with zero attached hydrogens (tertiary/aromatic N) is 1. The summed E-state index contributed by atoms with van der Waals surface area (Å²) in [5, 5.41) is 0. The molecule has 0 aromatic heterocycles. The van der Waals surface area contributed by atoms with E-state index in [9.17, 15) is 4.39 Å². The van der Waals surface area contributed by atoms with Crippen molar-refractivity contribution in [3.63, 3.8) is 0 Å². The standard InChI is InChI=1S/C12H17FN2/c13-11-5-4-6-12(14)10(11)9-15-7-2-1-3-8-15/h4-6H,1-3,7-9,14H2. The molecule has 1 aromatic carbocycles. The maximum Gasteiger partial charge on any atom is 0.129 e. The number of halogens is 1. The Kier molecular flexibility index (Phi) is 3.21. The smallest absolute Gasteiger partial charge is 0.129 e. The molecule has 0 saturated carbocycles. The molecule has 0 atom stereocenters. The molecule has 2 rings (SSSR count). The second-order valence-corrected chi connectivity index (χ2v) is 4.14. The van der Waals surface area contributed by atoms with Crippen LogP contribution in [0.25, 0.3) is 0 Å². The predicted molar refractivity (Wildman–Crippen MR) is 59.9 cm³/mol. The van der Waals surface area contributed by atoms with Crippen molar-refractivity contribution >= 4 is 5.69 Å². The van der Waals surface area contributed by atoms with Gasteiger partial charge in [-0.2, -0.15) is 0 Å². The molecule has 2 nitrogen and oxygen atoms in total. The lowest BCUT2D eigenvalue weighted by atomic mass is 10.1. The minimum atomic E-state index is -0.180. The van der Waals surface area contributed by atoms with Crippen molar-refractivity contribution in [1.29, 1.82) is 0 Å². The molecule has 0 amide bonds. The molecule has 1 aliphatic heterocycles. The number of benzene rings is 1. The lowest BCUT2D eigenvalue weighted by Crippen LogP contribution is -2.29. The molecule has 0 bridgehead atoms. The Morgan fingerprint density at radius 2 is 1.93 bits per heavy atom. The first-order chi connectivity index (χ1) is 7.27. The van der Waals surface area contributed by atoms with Crippen molar-refractivity contribution in [2.24, 2.45) is 0 Å². The van der Waals surface area contributed by atoms with E-state index in [0.717, 1.165) is 13.1 Å². The number of hydrogen-bond acceptors (Lipinski definition) is 2. The molecule has 1 heterocycles. The minimum absolute atomic E-state index is 0.180. The Bertz CT molecular complexity index is 312. The van der Waals surface area contributed by atoms with Gasteiger partial charge in [0.1, 0.15) is 5.82 Å². The highest BCUT2D eigenvalue weighted by molar-refractivity contribution is 5.47. The number of nitrogens with two attached hydrogens (primary N) is 1. The van der Waals surface area contributed by atoms with Crippen LogP contribution in [0.5, 0.6) is 0 Å². The van der Waals surface area contributed by atoms with Gasteiger partial charge in [-0.15, -0.1) is 0 Å². The fourth-order valence-electron chi connectivity index (χ4n) is 2.08. The van der Waals surface area contributed by atoms with Crippen molar-refractivity contribution in [3.05, 3.63) is 29.6 Å². The Hall–Kier alpha value is -1.09. The van der Waals surface area contributed by atoms with E-state index >= 15 is 0 Å². The van der Waals surface area contributed by atoms with Gasteiger partial charge in [0.05, 0.1) is 0 Å². The molecule has 1 fully saturated rings. The lowest BCUT2D eigenvalue weighted by Gasteiger charge is -2.27. The zero-order valence-electron chi connectivity index (χ0n) is 8.88. The number of piperidine rings is 1. The Morgan fingerprint density at radius 3 is 2.60 bits per heavy atom. The number of hydrogen-bond donors (Lipinski definition) is 1. The van der Waals surface area contributed by atoms with E-state index in [2.05, 4.69) is 4.90 Å². The zero-order chi connectivity index (χ0) is 10.7. The largest absolute Gasteiger partial charge is 0.398 e. The highest BCUT2D eigenvalue weighted by Crippen LogP contribution is 2.20. The van der Waals surface area contributed by atoms with E-state index in [1.165, 1.54) is 25.3 Å². The van der Waals surface area contributed by atoms with E-state index in [1.807, 2.05) is 0 Å². The summed E-state index contributed by atoms with van der Waals surface area (Å²) in [6.07, 6.45) is 3.73. The average molecular weight is 208 g/mol. The Morgan fingerprint density at radius 1 is 1.20 bits per heavy atom. The van der Waals surface area contributed by atoms with Crippen molar-refractivity contribution in [2.45, 2.75) is 25.8 Å². The van der Waals surface area contributed by atoms with Crippen LogP contribution >= 0.6 is 0 Å². The minimum Gasteiger partial charge on any atom is -0.398 e. The summed E-state index contributed by atoms with van der Waals surface area (Å²) in [6, 6.07) is 4.91. The van der Waals surface area contributed by atoms with Crippen molar-refractivity contribution in [1.82, 2.24) is 4.90 Å². The predicted octanol–water partition coefficient (Wildman–Crippen LogP) is 2.39. The highest BCUT2D eigenvalue weighted by atomic mass is 19.1. The van der Waals surface area contributed by atoms with Gasteiger partial charge in [-0.3, -0.25) is 4.90 Å². The molecule has 1 saturated heterocycles. The van der Waals surface area contributed by atoms with E-state index in [0.29, 0.717) is 17.8 Å². The maximum atomic E-state index is 13.5. The second kappa shape index (κ2) is 4.62. The van der Waals surface area contributed by atoms with E-state index in [1.54, 1.807) is 12.1 Å². The SMILES string of the molecule is Nc1cccc(F)c1CN1CCCCC1. The van der Waals surface area contributed by atoms with Crippen LogP contribution < -0.4 is 5.73 Å². The average Bonchev–Trinajstić information content (AvgIpc) is 2.25. The molecule has 1 aliphatic rings. The molecular weight excluding hydrogens is 191 g/mol. The summed E-state index contributed by atoms with van der Waals surface area (Å²) in [5.41, 5.74) is 6.99. The molecule has 0 unspecified atom stereocenters. The monoisotopic (exact) mass is 208 g/mol. The molecule has 0 spiro atoms. The normalized spacial score (nSPS) is 17.9. The van der Waals surface area contributed by atoms with Crippen molar-refractivity contribution in [3.8, 4) is 0 Å². The van der Waals surface area contributed by atoms with Crippen LogP contribution in [0.1, 0.15) is 24.8 Å². The summed E-state index contributed by atoms with van der Waals surface area (Å²) in [5.74, 6) is -0.180. The molecule has 0 aliphatic carbocycles. The molecule has 0 radical (unpaired) electrons. The Labute approximate surface area is 89.9 Å². The van der Waals surface area contributed by atoms with E-state index < -0.39 is 0 Å². The van der Waals surface area contributed by atoms with Gasteiger partial charge in [-0.05, 0) is 38.1 Å². The first kappa shape index (κ1) is 10.4. The first-order valence-corrected chi connectivity index (χ1v) is 5.52. The van der Waals surface area contributed by atoms with Gasteiger partial charge in [-0.25, -0.2) is 4.39 Å². The van der Waals surface area contributed by atoms with Gasteiger partial charge >= 0.3 is 0 Å². The van der Waals surface area contributed by atoms with Crippen LogP contribution in [-0.4, -0.2) is 18.0 Å². The summed E-state index contributed by atoms with van der Waals surface area (Å²) in [4.78, 5) is 2.28. The summed E-state index contributed by atoms with van der Waals surface area (Å²) in [6.45, 7) is 2.78. The number of rotatable bonds is 2. The number of anilines is 1. The summed E-state index contributed by atoms with van der Waals surface area (Å²) < 4.78 is 13.5. The molecule has 3 heteroatoms. The summed E-state index contributed by atoms with van der Waals surface area (Å²) in [7, 11) is 0. The van der Waals surface area contributed by atoms with E-state index in [-0.39, 0.29) is 5.82 Å². The molecular formula is C12H17FN2. The molecule has 82 valence electrons. The van der Waals surface area contributed by atoms with Crippen LogP contribution in [0.4, 0.5) is 10.1 Å². The van der Waals surface area contributed by atoms with Gasteiger partial charge < -0.3 is 5.73 Å². The van der Waals surface area contributed by atoms with E-state index in [4.69, 9.17) is 5.73 Å². The quantitative estimate of drug-likeness (QED) is 0.756.